The van der Waals surface area contributed by atoms with Gasteiger partial charge < -0.3 is 10.0 Å². The Kier molecular flexibility index (Phi) is 3.78. The number of likely N-dealkylation sites (tertiary alicyclic amines) is 1. The highest BCUT2D eigenvalue weighted by Crippen LogP contribution is 2.33. The molecule has 2 N–H and O–H groups in total. The molecule has 0 bridgehead atoms. The van der Waals surface area contributed by atoms with Crippen LogP contribution in [0.1, 0.15) is 63.4 Å². The monoisotopic (exact) mass is 294 g/mol. The minimum atomic E-state index is -1.13. The molecular formula is C14H22N4O3. The van der Waals surface area contributed by atoms with Crippen LogP contribution in [-0.4, -0.2) is 49.1 Å². The van der Waals surface area contributed by atoms with Gasteiger partial charge in [-0.15, -0.1) is 5.10 Å². The third-order valence-electron chi connectivity index (χ3n) is 4.10. The molecule has 0 aromatic carbocycles. The smallest absolute Gasteiger partial charge is 0.329 e. The lowest BCUT2D eigenvalue weighted by molar-refractivity contribution is -0.148. The SMILES string of the molecule is CCC1(C(=O)O)CCCN1C(=O)c1n[nH]c(C(C)(C)C)n1. The highest BCUT2D eigenvalue weighted by Gasteiger charge is 2.49. The minimum absolute atomic E-state index is 0.0425. The van der Waals surface area contributed by atoms with Crippen molar-refractivity contribution in [3.63, 3.8) is 0 Å². The second-order valence-corrected chi connectivity index (χ2v) is 6.51. The molecular weight excluding hydrogens is 272 g/mol. The van der Waals surface area contributed by atoms with Crippen LogP contribution in [0.25, 0.3) is 0 Å². The fourth-order valence-electron chi connectivity index (χ4n) is 2.73. The predicted molar refractivity (Wildman–Crippen MR) is 76.0 cm³/mol. The highest BCUT2D eigenvalue weighted by atomic mass is 16.4. The van der Waals surface area contributed by atoms with E-state index >= 15 is 0 Å². The summed E-state index contributed by atoms with van der Waals surface area (Å²) in [7, 11) is 0. The number of hydrogen-bond donors (Lipinski definition) is 2. The fourth-order valence-corrected chi connectivity index (χ4v) is 2.73. The second kappa shape index (κ2) is 5.13. The third kappa shape index (κ3) is 2.52. The number of rotatable bonds is 3. The normalized spacial score (nSPS) is 22.6. The molecule has 1 aromatic rings. The highest BCUT2D eigenvalue weighted by molar-refractivity contribution is 5.95. The van der Waals surface area contributed by atoms with Gasteiger partial charge in [-0.3, -0.25) is 9.89 Å². The van der Waals surface area contributed by atoms with E-state index in [9.17, 15) is 14.7 Å². The number of aliphatic carboxylic acids is 1. The van der Waals surface area contributed by atoms with Crippen LogP contribution in [0, 0.1) is 0 Å². The van der Waals surface area contributed by atoms with Gasteiger partial charge in [-0.25, -0.2) is 9.78 Å². The number of aromatic amines is 1. The van der Waals surface area contributed by atoms with Gasteiger partial charge in [0.1, 0.15) is 11.4 Å². The Bertz CT molecular complexity index is 561. The Labute approximate surface area is 123 Å². The maximum absolute atomic E-state index is 12.6. The van der Waals surface area contributed by atoms with Gasteiger partial charge in [0, 0.05) is 12.0 Å². The number of carbonyl (C=O) groups excluding carboxylic acids is 1. The number of nitrogens with one attached hydrogen (secondary N) is 1. The molecule has 1 aliphatic heterocycles. The molecule has 1 fully saturated rings. The fraction of sp³-hybridized carbons (Fsp3) is 0.714. The van der Waals surface area contributed by atoms with E-state index in [0.717, 1.165) is 0 Å². The van der Waals surface area contributed by atoms with Gasteiger partial charge >= 0.3 is 5.97 Å². The van der Waals surface area contributed by atoms with Gasteiger partial charge in [-0.2, -0.15) is 0 Å². The summed E-state index contributed by atoms with van der Waals surface area (Å²) in [4.78, 5) is 29.8. The van der Waals surface area contributed by atoms with E-state index in [1.54, 1.807) is 6.92 Å². The maximum Gasteiger partial charge on any atom is 0.329 e. The van der Waals surface area contributed by atoms with E-state index < -0.39 is 17.4 Å². The zero-order valence-electron chi connectivity index (χ0n) is 12.9. The maximum atomic E-state index is 12.6. The van der Waals surface area contributed by atoms with E-state index in [-0.39, 0.29) is 11.2 Å². The summed E-state index contributed by atoms with van der Waals surface area (Å²) < 4.78 is 0. The summed E-state index contributed by atoms with van der Waals surface area (Å²) in [5, 5.41) is 16.3. The number of aromatic nitrogens is 3. The van der Waals surface area contributed by atoms with E-state index in [2.05, 4.69) is 15.2 Å². The van der Waals surface area contributed by atoms with Gasteiger partial charge in [0.25, 0.3) is 5.91 Å². The van der Waals surface area contributed by atoms with Crippen molar-refractivity contribution >= 4 is 11.9 Å². The van der Waals surface area contributed by atoms with E-state index in [1.807, 2.05) is 20.8 Å². The van der Waals surface area contributed by atoms with Gasteiger partial charge in [-0.1, -0.05) is 27.7 Å². The zero-order chi connectivity index (χ0) is 15.8. The Morgan fingerprint density at radius 1 is 1.43 bits per heavy atom. The van der Waals surface area contributed by atoms with Crippen LogP contribution >= 0.6 is 0 Å². The molecule has 116 valence electrons. The standard InChI is InChI=1S/C14H22N4O3/c1-5-14(12(20)21)7-6-8-18(14)10(19)9-15-11(17-16-9)13(2,3)4/h5-8H2,1-4H3,(H,20,21)(H,15,16,17). The van der Waals surface area contributed by atoms with Crippen LogP contribution in [0.15, 0.2) is 0 Å². The van der Waals surface area contributed by atoms with Gasteiger partial charge in [0.15, 0.2) is 0 Å². The average molecular weight is 294 g/mol. The molecule has 2 rings (SSSR count). The molecule has 1 amide bonds. The zero-order valence-corrected chi connectivity index (χ0v) is 12.9. The summed E-state index contributed by atoms with van der Waals surface area (Å²) >= 11 is 0. The number of H-pyrrole nitrogens is 1. The molecule has 1 atom stereocenters. The van der Waals surface area contributed by atoms with Crippen LogP contribution in [0.4, 0.5) is 0 Å². The predicted octanol–water partition coefficient (Wildman–Crippen LogP) is 1.57. The molecule has 1 unspecified atom stereocenters. The van der Waals surface area contributed by atoms with E-state index in [0.29, 0.717) is 31.6 Å². The summed E-state index contributed by atoms with van der Waals surface area (Å²) in [6.07, 6.45) is 1.54. The molecule has 0 spiro atoms. The molecule has 2 heterocycles. The summed E-state index contributed by atoms with van der Waals surface area (Å²) in [6.45, 7) is 8.11. The number of carbonyl (C=O) groups is 2. The molecule has 21 heavy (non-hydrogen) atoms. The number of carboxylic acid groups (broad SMARTS) is 1. The molecule has 0 saturated carbocycles. The molecule has 0 aliphatic carbocycles. The molecule has 7 nitrogen and oxygen atoms in total. The number of hydrogen-bond acceptors (Lipinski definition) is 4. The van der Waals surface area contributed by atoms with Crippen LogP contribution in [0.5, 0.6) is 0 Å². The summed E-state index contributed by atoms with van der Waals surface area (Å²) in [6, 6.07) is 0. The Hall–Kier alpha value is -1.92. The van der Waals surface area contributed by atoms with Crippen molar-refractivity contribution in [2.75, 3.05) is 6.54 Å². The van der Waals surface area contributed by atoms with Crippen molar-refractivity contribution in [1.82, 2.24) is 20.1 Å². The largest absolute Gasteiger partial charge is 0.479 e. The first-order valence-corrected chi connectivity index (χ1v) is 7.20. The Morgan fingerprint density at radius 2 is 2.10 bits per heavy atom. The molecule has 1 aliphatic rings. The van der Waals surface area contributed by atoms with E-state index in [4.69, 9.17) is 0 Å². The van der Waals surface area contributed by atoms with Crippen molar-refractivity contribution in [2.24, 2.45) is 0 Å². The average Bonchev–Trinajstić information content (AvgIpc) is 3.04. The first-order chi connectivity index (χ1) is 9.72. The van der Waals surface area contributed by atoms with Crippen molar-refractivity contribution in [3.05, 3.63) is 11.6 Å². The van der Waals surface area contributed by atoms with Crippen LogP contribution in [-0.2, 0) is 10.2 Å². The number of amides is 1. The lowest BCUT2D eigenvalue weighted by Gasteiger charge is -2.33. The molecule has 1 aromatic heterocycles. The van der Waals surface area contributed by atoms with Gasteiger partial charge in [0.05, 0.1) is 0 Å². The molecule has 7 heteroatoms. The molecule has 1 saturated heterocycles. The van der Waals surface area contributed by atoms with Crippen molar-refractivity contribution < 1.29 is 14.7 Å². The topological polar surface area (TPSA) is 99.2 Å². The molecule has 0 radical (unpaired) electrons. The van der Waals surface area contributed by atoms with Gasteiger partial charge in [0.2, 0.25) is 5.82 Å². The lowest BCUT2D eigenvalue weighted by Crippen LogP contribution is -2.52. The Balaban J connectivity index is 2.31. The summed E-state index contributed by atoms with van der Waals surface area (Å²) in [5.41, 5.74) is -1.37. The quantitative estimate of drug-likeness (QED) is 0.881. The first-order valence-electron chi connectivity index (χ1n) is 7.20. The summed E-state index contributed by atoms with van der Waals surface area (Å²) in [5.74, 6) is -0.714. The minimum Gasteiger partial charge on any atom is -0.479 e. The van der Waals surface area contributed by atoms with Crippen LogP contribution < -0.4 is 0 Å². The first kappa shape index (κ1) is 15.5. The van der Waals surface area contributed by atoms with Crippen LogP contribution in [0.2, 0.25) is 0 Å². The Morgan fingerprint density at radius 3 is 2.57 bits per heavy atom. The number of nitrogens with zero attached hydrogens (tertiary/aromatic N) is 3. The lowest BCUT2D eigenvalue weighted by atomic mass is 9.93. The van der Waals surface area contributed by atoms with Gasteiger partial charge in [-0.05, 0) is 19.3 Å². The number of carboxylic acids is 1. The van der Waals surface area contributed by atoms with Crippen molar-refractivity contribution in [3.8, 4) is 0 Å². The van der Waals surface area contributed by atoms with E-state index in [1.165, 1.54) is 4.90 Å². The second-order valence-electron chi connectivity index (χ2n) is 6.51. The van der Waals surface area contributed by atoms with Crippen molar-refractivity contribution in [1.29, 1.82) is 0 Å². The third-order valence-corrected chi connectivity index (χ3v) is 4.10. The van der Waals surface area contributed by atoms with Crippen LogP contribution in [0.3, 0.4) is 0 Å². The van der Waals surface area contributed by atoms with Crippen molar-refractivity contribution in [2.45, 2.75) is 57.9 Å².